The number of carbonyl (C=O) groups excluding carboxylic acids is 1. The molecule has 0 radical (unpaired) electrons. The van der Waals surface area contributed by atoms with Crippen molar-refractivity contribution in [1.82, 2.24) is 9.62 Å². The molecule has 2 atom stereocenters. The number of benzene rings is 2. The molecule has 1 saturated heterocycles. The number of methoxy groups -OCH3 is 1. The zero-order valence-electron chi connectivity index (χ0n) is 18.0. The summed E-state index contributed by atoms with van der Waals surface area (Å²) in [7, 11) is 2.32. The molecule has 8 heteroatoms. The number of ether oxygens (including phenoxy) is 2. The largest absolute Gasteiger partial charge is 0.496 e. The Morgan fingerprint density at radius 3 is 2.94 bits per heavy atom. The smallest absolute Gasteiger partial charge is 0.224 e. The average molecular weight is 444 g/mol. The van der Waals surface area contributed by atoms with Gasteiger partial charge in [0.05, 0.1) is 30.2 Å². The maximum atomic E-state index is 13.2. The van der Waals surface area contributed by atoms with Crippen LogP contribution in [0, 0.1) is 5.92 Å². The molecule has 1 N–H and O–H groups in total. The van der Waals surface area contributed by atoms with Crippen LogP contribution in [0.25, 0.3) is 0 Å². The van der Waals surface area contributed by atoms with Crippen LogP contribution in [0.1, 0.15) is 18.4 Å². The third-order valence-corrected chi connectivity index (χ3v) is 7.32. The quantitative estimate of drug-likeness (QED) is 0.743. The fraction of sp³-hybridized carbons (Fsp3) is 0.435. The van der Waals surface area contributed by atoms with Gasteiger partial charge in [-0.3, -0.25) is 4.79 Å². The summed E-state index contributed by atoms with van der Waals surface area (Å²) in [5.41, 5.74) is 1.95. The van der Waals surface area contributed by atoms with Crippen LogP contribution in [0.4, 0.5) is 5.69 Å². The number of hydrogen-bond donors (Lipinski definition) is 1. The van der Waals surface area contributed by atoms with E-state index in [1.54, 1.807) is 7.11 Å². The third-order valence-electron chi connectivity index (χ3n) is 5.86. The zero-order valence-corrected chi connectivity index (χ0v) is 18.8. The van der Waals surface area contributed by atoms with Crippen LogP contribution in [-0.2, 0) is 22.3 Å². The summed E-state index contributed by atoms with van der Waals surface area (Å²) in [4.78, 5) is 15.6. The molecule has 2 aliphatic rings. The minimum Gasteiger partial charge on any atom is -0.496 e. The van der Waals surface area contributed by atoms with Gasteiger partial charge in [0.2, 0.25) is 5.91 Å². The molecule has 2 heterocycles. The summed E-state index contributed by atoms with van der Waals surface area (Å²) < 4.78 is 26.2. The molecule has 1 amide bonds. The maximum absolute atomic E-state index is 13.2. The van der Waals surface area contributed by atoms with E-state index in [1.165, 1.54) is 0 Å². The molecule has 0 saturated carbocycles. The number of fused-ring (bicyclic) bond motifs is 1. The van der Waals surface area contributed by atoms with Crippen molar-refractivity contribution in [3.8, 4) is 11.5 Å². The van der Waals surface area contributed by atoms with E-state index < -0.39 is 11.0 Å². The number of para-hydroxylation sites is 1. The van der Waals surface area contributed by atoms with Gasteiger partial charge in [-0.05, 0) is 37.1 Å². The third kappa shape index (κ3) is 4.85. The lowest BCUT2D eigenvalue weighted by atomic mass is 9.98. The predicted octanol–water partition coefficient (Wildman–Crippen LogP) is 2.57. The molecular weight excluding hydrogens is 414 g/mol. The Morgan fingerprint density at radius 1 is 1.26 bits per heavy atom. The standard InChI is InChI=1S/C23H29N3O4S/c1-25-12-13-30-22-14-19(9-10-20(22)25)31(28)26-11-5-7-18(16-26)23(27)24-15-17-6-3-4-8-21(17)29-2/h3-4,6,8-10,14,18H,5,7,11-13,15-16H2,1-2H3,(H,24,27). The van der Waals surface area contributed by atoms with Crippen molar-refractivity contribution in [3.63, 3.8) is 0 Å². The summed E-state index contributed by atoms with van der Waals surface area (Å²) in [5, 5.41) is 3.02. The van der Waals surface area contributed by atoms with Crippen LogP contribution in [-0.4, -0.2) is 54.8 Å². The number of piperidine rings is 1. The number of anilines is 1. The Bertz CT molecular complexity index is 968. The minimum absolute atomic E-state index is 0.0111. The lowest BCUT2D eigenvalue weighted by Crippen LogP contribution is -2.43. The van der Waals surface area contributed by atoms with E-state index >= 15 is 0 Å². The average Bonchev–Trinajstić information content (AvgIpc) is 2.82. The topological polar surface area (TPSA) is 71.1 Å². The van der Waals surface area contributed by atoms with Crippen molar-refractivity contribution in [2.24, 2.45) is 5.92 Å². The second-order valence-corrected chi connectivity index (χ2v) is 9.39. The molecule has 2 aliphatic heterocycles. The lowest BCUT2D eigenvalue weighted by molar-refractivity contribution is -0.126. The first-order valence-corrected chi connectivity index (χ1v) is 11.7. The number of amides is 1. The van der Waals surface area contributed by atoms with Gasteiger partial charge < -0.3 is 19.7 Å². The Hall–Kier alpha value is -2.58. The molecule has 166 valence electrons. The first-order valence-electron chi connectivity index (χ1n) is 10.6. The highest BCUT2D eigenvalue weighted by Gasteiger charge is 2.29. The molecule has 0 aliphatic carbocycles. The number of likely N-dealkylation sites (N-methyl/N-ethyl adjacent to an activating group) is 1. The van der Waals surface area contributed by atoms with Crippen molar-refractivity contribution in [2.75, 3.05) is 45.3 Å². The molecule has 0 aromatic heterocycles. The van der Waals surface area contributed by atoms with Crippen LogP contribution >= 0.6 is 0 Å². The highest BCUT2D eigenvalue weighted by molar-refractivity contribution is 7.82. The van der Waals surface area contributed by atoms with Crippen molar-refractivity contribution in [1.29, 1.82) is 0 Å². The van der Waals surface area contributed by atoms with Gasteiger partial charge in [0.15, 0.2) is 0 Å². The Morgan fingerprint density at radius 2 is 2.10 bits per heavy atom. The zero-order chi connectivity index (χ0) is 21.8. The summed E-state index contributed by atoms with van der Waals surface area (Å²) in [6, 6.07) is 13.4. The molecule has 0 spiro atoms. The lowest BCUT2D eigenvalue weighted by Gasteiger charge is -2.32. The molecular formula is C23H29N3O4S. The van der Waals surface area contributed by atoms with Crippen LogP contribution in [0.3, 0.4) is 0 Å². The second-order valence-electron chi connectivity index (χ2n) is 7.91. The van der Waals surface area contributed by atoms with Crippen LogP contribution in [0.5, 0.6) is 11.5 Å². The van der Waals surface area contributed by atoms with Gasteiger partial charge in [-0.25, -0.2) is 8.51 Å². The summed E-state index contributed by atoms with van der Waals surface area (Å²) in [6.45, 7) is 3.06. The Labute approximate surface area is 185 Å². The van der Waals surface area contributed by atoms with Gasteiger partial charge in [-0.2, -0.15) is 0 Å². The second kappa shape index (κ2) is 9.70. The summed E-state index contributed by atoms with van der Waals surface area (Å²) in [5.74, 6) is 1.33. The van der Waals surface area contributed by atoms with E-state index in [-0.39, 0.29) is 11.8 Å². The maximum Gasteiger partial charge on any atom is 0.224 e. The van der Waals surface area contributed by atoms with Gasteiger partial charge in [-0.15, -0.1) is 0 Å². The molecule has 2 unspecified atom stereocenters. The highest BCUT2D eigenvalue weighted by Crippen LogP contribution is 2.33. The molecule has 1 fully saturated rings. The van der Waals surface area contributed by atoms with Crippen molar-refractivity contribution < 1.29 is 18.5 Å². The summed E-state index contributed by atoms with van der Waals surface area (Å²) >= 11 is 0. The van der Waals surface area contributed by atoms with Crippen LogP contribution < -0.4 is 19.7 Å². The van der Waals surface area contributed by atoms with Crippen LogP contribution in [0.15, 0.2) is 47.4 Å². The van der Waals surface area contributed by atoms with Gasteiger partial charge in [0.25, 0.3) is 0 Å². The number of nitrogens with one attached hydrogen (secondary N) is 1. The SMILES string of the molecule is COc1ccccc1CNC(=O)C1CCCN(S(=O)c2ccc3c(c2)OCCN3C)C1. The molecule has 2 aromatic carbocycles. The van der Waals surface area contributed by atoms with E-state index in [0.717, 1.165) is 42.1 Å². The molecule has 4 rings (SSSR count). The van der Waals surface area contributed by atoms with E-state index in [4.69, 9.17) is 9.47 Å². The number of nitrogens with zero attached hydrogens (tertiary/aromatic N) is 2. The minimum atomic E-state index is -1.33. The fourth-order valence-corrected chi connectivity index (χ4v) is 5.38. The van der Waals surface area contributed by atoms with E-state index in [1.807, 2.05) is 53.8 Å². The number of hydrogen-bond acceptors (Lipinski definition) is 5. The Kier molecular flexibility index (Phi) is 6.77. The molecule has 0 bridgehead atoms. The monoisotopic (exact) mass is 443 g/mol. The number of rotatable bonds is 6. The summed E-state index contributed by atoms with van der Waals surface area (Å²) in [6.07, 6.45) is 1.63. The molecule has 31 heavy (non-hydrogen) atoms. The van der Waals surface area contributed by atoms with Crippen LogP contribution in [0.2, 0.25) is 0 Å². The first-order chi connectivity index (χ1) is 15.1. The molecule has 7 nitrogen and oxygen atoms in total. The van der Waals surface area contributed by atoms with Gasteiger partial charge in [-0.1, -0.05) is 18.2 Å². The van der Waals surface area contributed by atoms with Gasteiger partial charge in [0.1, 0.15) is 29.1 Å². The Balaban J connectivity index is 1.39. The highest BCUT2D eigenvalue weighted by atomic mass is 32.2. The van der Waals surface area contributed by atoms with Gasteiger partial charge >= 0.3 is 0 Å². The normalized spacial score (nSPS) is 19.8. The van der Waals surface area contributed by atoms with Crippen molar-refractivity contribution in [2.45, 2.75) is 24.3 Å². The van der Waals surface area contributed by atoms with E-state index in [2.05, 4.69) is 10.2 Å². The van der Waals surface area contributed by atoms with Crippen molar-refractivity contribution in [3.05, 3.63) is 48.0 Å². The predicted molar refractivity (Wildman–Crippen MR) is 121 cm³/mol. The fourth-order valence-electron chi connectivity index (χ4n) is 4.08. The van der Waals surface area contributed by atoms with Gasteiger partial charge in [0, 0.05) is 32.2 Å². The number of carbonyl (C=O) groups is 1. The van der Waals surface area contributed by atoms with E-state index in [0.29, 0.717) is 31.1 Å². The molecule has 2 aromatic rings. The van der Waals surface area contributed by atoms with E-state index in [9.17, 15) is 9.00 Å². The first kappa shape index (κ1) is 21.6. The van der Waals surface area contributed by atoms with Crippen molar-refractivity contribution >= 4 is 22.6 Å².